The van der Waals surface area contributed by atoms with Crippen molar-refractivity contribution in [2.75, 3.05) is 18.4 Å². The average molecular weight is 462 g/mol. The highest BCUT2D eigenvalue weighted by atomic mass is 16.6. The van der Waals surface area contributed by atoms with Crippen LogP contribution >= 0.6 is 0 Å². The first kappa shape index (κ1) is 21.3. The molecule has 3 aromatic heterocycles. The number of fused-ring (bicyclic) bond motifs is 3. The number of carbonyl (C=O) groups excluding carboxylic acids is 1. The lowest BCUT2D eigenvalue weighted by Gasteiger charge is -2.40. The van der Waals surface area contributed by atoms with Crippen molar-refractivity contribution in [3.63, 3.8) is 0 Å². The van der Waals surface area contributed by atoms with Crippen LogP contribution in [0.25, 0.3) is 16.9 Å². The smallest absolute Gasteiger partial charge is 0.410 e. The normalized spacial score (nSPS) is 24.4. The number of ether oxygens (including phenoxy) is 1. The molecule has 9 nitrogen and oxygen atoms in total. The quantitative estimate of drug-likeness (QED) is 0.601. The van der Waals surface area contributed by atoms with E-state index >= 15 is 0 Å². The van der Waals surface area contributed by atoms with E-state index in [1.165, 1.54) is 0 Å². The molecule has 0 aliphatic carbocycles. The molecule has 2 unspecified atom stereocenters. The highest BCUT2D eigenvalue weighted by Gasteiger charge is 2.45. The van der Waals surface area contributed by atoms with Crippen LogP contribution in [0, 0.1) is 0 Å². The molecule has 34 heavy (non-hydrogen) atoms. The van der Waals surface area contributed by atoms with Gasteiger partial charge in [-0.15, -0.1) is 0 Å². The van der Waals surface area contributed by atoms with Crippen LogP contribution in [0.3, 0.4) is 0 Å². The third-order valence-corrected chi connectivity index (χ3v) is 7.39. The van der Waals surface area contributed by atoms with E-state index in [1.54, 1.807) is 6.20 Å². The summed E-state index contributed by atoms with van der Waals surface area (Å²) in [7, 11) is 0. The summed E-state index contributed by atoms with van der Waals surface area (Å²) in [6.45, 7) is 5.85. The van der Waals surface area contributed by atoms with Crippen molar-refractivity contribution in [3.8, 4) is 11.3 Å². The van der Waals surface area contributed by atoms with Gasteiger partial charge in [-0.3, -0.25) is 4.98 Å². The van der Waals surface area contributed by atoms with Crippen molar-refractivity contribution in [3.05, 3.63) is 42.4 Å². The predicted molar refractivity (Wildman–Crippen MR) is 129 cm³/mol. The number of carbonyl (C=O) groups is 1. The largest absolute Gasteiger partial charge is 0.443 e. The van der Waals surface area contributed by atoms with Gasteiger partial charge in [-0.05, 0) is 43.7 Å². The Kier molecular flexibility index (Phi) is 5.36. The number of rotatable bonds is 5. The fourth-order valence-electron chi connectivity index (χ4n) is 5.50. The fourth-order valence-corrected chi connectivity index (χ4v) is 5.50. The zero-order chi connectivity index (χ0) is 23.2. The number of aromatic nitrogens is 4. The van der Waals surface area contributed by atoms with Crippen molar-refractivity contribution < 1.29 is 9.53 Å². The molecular weight excluding hydrogens is 430 g/mol. The Hall–Kier alpha value is -3.20. The molecule has 0 spiro atoms. The first-order chi connectivity index (χ1) is 16.6. The standard InChI is InChI=1S/C25H31N7O2/c1-15(2)21-14-28-32-23(10-22(30-24(21)32)16-4-3-7-26-11-16)29-17-8-18-5-6-19(9-17)31(18)25(33)34-20-12-27-13-20/h3-4,7,10-11,14-15,17-20,27,29H,5-6,8-9,12-13H2,1-2H3. The summed E-state index contributed by atoms with van der Waals surface area (Å²) in [5.41, 5.74) is 3.85. The zero-order valence-corrected chi connectivity index (χ0v) is 19.6. The minimum atomic E-state index is -0.142. The minimum Gasteiger partial charge on any atom is -0.443 e. The summed E-state index contributed by atoms with van der Waals surface area (Å²) in [5.74, 6) is 1.25. The SMILES string of the molecule is CC(C)c1cnn2c(NC3CC4CCC(C3)N4C(=O)OC3CNC3)cc(-c3cccnc3)nc12. The Morgan fingerprint density at radius 3 is 2.65 bits per heavy atom. The van der Waals surface area contributed by atoms with Crippen molar-refractivity contribution >= 4 is 17.6 Å². The third kappa shape index (κ3) is 3.77. The van der Waals surface area contributed by atoms with Gasteiger partial charge in [0.05, 0.1) is 11.9 Å². The van der Waals surface area contributed by atoms with Crippen LogP contribution in [0.5, 0.6) is 0 Å². The second-order valence-electron chi connectivity index (χ2n) is 10.0. The van der Waals surface area contributed by atoms with Crippen LogP contribution in [0.1, 0.15) is 51.0 Å². The number of piperidine rings is 1. The molecule has 3 aliphatic heterocycles. The molecule has 2 bridgehead atoms. The van der Waals surface area contributed by atoms with Gasteiger partial charge >= 0.3 is 6.09 Å². The van der Waals surface area contributed by atoms with Crippen molar-refractivity contribution in [1.82, 2.24) is 29.8 Å². The Balaban J connectivity index is 1.27. The summed E-state index contributed by atoms with van der Waals surface area (Å²) in [5, 5.41) is 11.6. The van der Waals surface area contributed by atoms with Gasteiger partial charge in [-0.25, -0.2) is 9.78 Å². The van der Waals surface area contributed by atoms with Gasteiger partial charge < -0.3 is 20.3 Å². The molecule has 178 valence electrons. The number of hydrogen-bond acceptors (Lipinski definition) is 7. The van der Waals surface area contributed by atoms with Gasteiger partial charge in [-0.1, -0.05) is 13.8 Å². The minimum absolute atomic E-state index is 0.0220. The number of nitrogens with one attached hydrogen (secondary N) is 2. The topological polar surface area (TPSA) is 96.7 Å². The van der Waals surface area contributed by atoms with E-state index in [-0.39, 0.29) is 30.3 Å². The molecule has 6 heterocycles. The molecule has 1 amide bonds. The van der Waals surface area contributed by atoms with Crippen LogP contribution in [0.15, 0.2) is 36.8 Å². The van der Waals surface area contributed by atoms with Gasteiger partial charge in [0.15, 0.2) is 5.65 Å². The Bertz CT molecular complexity index is 1180. The maximum absolute atomic E-state index is 12.8. The summed E-state index contributed by atoms with van der Waals surface area (Å²) < 4.78 is 7.60. The van der Waals surface area contributed by atoms with E-state index in [0.717, 1.165) is 67.1 Å². The second kappa shape index (κ2) is 8.54. The second-order valence-corrected chi connectivity index (χ2v) is 10.0. The number of hydrogen-bond donors (Lipinski definition) is 2. The molecule has 0 radical (unpaired) electrons. The van der Waals surface area contributed by atoms with E-state index in [2.05, 4.69) is 40.6 Å². The average Bonchev–Trinajstić information content (AvgIpc) is 3.36. The molecule has 6 rings (SSSR count). The Morgan fingerprint density at radius 1 is 1.21 bits per heavy atom. The number of amides is 1. The molecule has 3 fully saturated rings. The maximum atomic E-state index is 12.8. The van der Waals surface area contributed by atoms with Gasteiger partial charge in [0.25, 0.3) is 0 Å². The summed E-state index contributed by atoms with van der Waals surface area (Å²) in [6, 6.07) is 6.72. The molecule has 0 saturated carbocycles. The van der Waals surface area contributed by atoms with Crippen molar-refractivity contribution in [2.24, 2.45) is 0 Å². The van der Waals surface area contributed by atoms with Gasteiger partial charge in [0.1, 0.15) is 11.9 Å². The molecule has 9 heteroatoms. The van der Waals surface area contributed by atoms with E-state index in [0.29, 0.717) is 5.92 Å². The van der Waals surface area contributed by atoms with Crippen LogP contribution in [-0.2, 0) is 4.74 Å². The molecule has 3 saturated heterocycles. The van der Waals surface area contributed by atoms with E-state index in [4.69, 9.17) is 9.72 Å². The van der Waals surface area contributed by atoms with Crippen LogP contribution in [-0.4, -0.2) is 67.9 Å². The van der Waals surface area contributed by atoms with E-state index in [1.807, 2.05) is 33.9 Å². The van der Waals surface area contributed by atoms with Gasteiger partial charge in [0.2, 0.25) is 0 Å². The van der Waals surface area contributed by atoms with Crippen LogP contribution in [0.4, 0.5) is 10.6 Å². The Labute approximate surface area is 198 Å². The first-order valence-corrected chi connectivity index (χ1v) is 12.3. The van der Waals surface area contributed by atoms with Crippen LogP contribution in [0.2, 0.25) is 0 Å². The Morgan fingerprint density at radius 2 is 2.00 bits per heavy atom. The monoisotopic (exact) mass is 461 g/mol. The molecular formula is C25H31N7O2. The number of nitrogens with zero attached hydrogens (tertiary/aromatic N) is 5. The molecule has 2 atom stereocenters. The lowest BCUT2D eigenvalue weighted by molar-refractivity contribution is 0.0194. The summed E-state index contributed by atoms with van der Waals surface area (Å²) in [4.78, 5) is 24.0. The highest BCUT2D eigenvalue weighted by Crippen LogP contribution is 2.38. The fraction of sp³-hybridized carbons (Fsp3) is 0.520. The predicted octanol–water partition coefficient (Wildman–Crippen LogP) is 3.43. The summed E-state index contributed by atoms with van der Waals surface area (Å²) >= 11 is 0. The molecule has 3 aliphatic rings. The van der Waals surface area contributed by atoms with Gasteiger partial charge in [-0.2, -0.15) is 9.61 Å². The van der Waals surface area contributed by atoms with E-state index in [9.17, 15) is 4.79 Å². The van der Waals surface area contributed by atoms with Gasteiger partial charge in [0, 0.05) is 60.8 Å². The first-order valence-electron chi connectivity index (χ1n) is 12.3. The molecule has 3 aromatic rings. The number of anilines is 1. The highest BCUT2D eigenvalue weighted by molar-refractivity contribution is 5.70. The lowest BCUT2D eigenvalue weighted by Crippen LogP contribution is -2.55. The summed E-state index contributed by atoms with van der Waals surface area (Å²) in [6.07, 6.45) is 9.29. The van der Waals surface area contributed by atoms with Crippen LogP contribution < -0.4 is 10.6 Å². The van der Waals surface area contributed by atoms with E-state index < -0.39 is 0 Å². The third-order valence-electron chi connectivity index (χ3n) is 7.39. The number of pyridine rings is 1. The van der Waals surface area contributed by atoms with Crippen molar-refractivity contribution in [2.45, 2.75) is 69.7 Å². The molecule has 0 aromatic carbocycles. The molecule has 2 N–H and O–H groups in total. The van der Waals surface area contributed by atoms with Crippen molar-refractivity contribution in [1.29, 1.82) is 0 Å². The zero-order valence-electron chi connectivity index (χ0n) is 19.6. The lowest BCUT2D eigenvalue weighted by atomic mass is 9.97. The maximum Gasteiger partial charge on any atom is 0.410 e.